The van der Waals surface area contributed by atoms with Crippen molar-refractivity contribution < 1.29 is 19.2 Å². The summed E-state index contributed by atoms with van der Waals surface area (Å²) in [5, 5.41) is 11.8. The van der Waals surface area contributed by atoms with Gasteiger partial charge in [0.05, 0.1) is 11.3 Å². The fraction of sp³-hybridized carbons (Fsp3) is 0.273. The van der Waals surface area contributed by atoms with E-state index in [0.717, 1.165) is 22.4 Å². The molecule has 6 heteroatoms. The first-order valence-corrected chi connectivity index (χ1v) is 10.2. The monoisotopic (exact) mass is 395 g/mol. The van der Waals surface area contributed by atoms with E-state index in [4.69, 9.17) is 0 Å². The van der Waals surface area contributed by atoms with E-state index in [-0.39, 0.29) is 22.6 Å². The summed E-state index contributed by atoms with van der Waals surface area (Å²) in [5.74, 6) is 5.31. The minimum absolute atomic E-state index is 0.0127. The standard InChI is InChI=1S/C22H21NO4S/c1-14(24)23-19-13-16(6-8-17(19)21(25)26)5-4-15-7-9-20-18(12-15)22(2,3)10-11-28(20)27/h6-9,12-13H,10-11H2,1-3H3,(H,23,24)(H,25,26). The second-order valence-corrected chi connectivity index (χ2v) is 8.93. The first-order valence-electron chi connectivity index (χ1n) is 8.87. The Bertz CT molecular complexity index is 1020. The lowest BCUT2D eigenvalue weighted by Crippen LogP contribution is -2.30. The number of aromatic carboxylic acids is 1. The lowest BCUT2D eigenvalue weighted by molar-refractivity contribution is -0.114. The number of hydrogen-bond donors (Lipinski definition) is 2. The van der Waals surface area contributed by atoms with Crippen LogP contribution in [0.5, 0.6) is 0 Å². The summed E-state index contributed by atoms with van der Waals surface area (Å²) in [4.78, 5) is 23.5. The van der Waals surface area contributed by atoms with Crippen molar-refractivity contribution in [3.63, 3.8) is 0 Å². The Morgan fingerprint density at radius 3 is 2.43 bits per heavy atom. The second kappa shape index (κ2) is 7.70. The number of benzene rings is 2. The number of carbonyl (C=O) groups is 2. The highest BCUT2D eigenvalue weighted by atomic mass is 32.2. The van der Waals surface area contributed by atoms with E-state index in [1.807, 2.05) is 18.2 Å². The maximum atomic E-state index is 12.3. The van der Waals surface area contributed by atoms with Crippen molar-refractivity contribution in [2.45, 2.75) is 37.5 Å². The van der Waals surface area contributed by atoms with E-state index in [2.05, 4.69) is 31.0 Å². The van der Waals surface area contributed by atoms with Gasteiger partial charge >= 0.3 is 5.97 Å². The van der Waals surface area contributed by atoms with Gasteiger partial charge < -0.3 is 15.0 Å². The van der Waals surface area contributed by atoms with Gasteiger partial charge in [-0.15, -0.1) is 0 Å². The molecule has 5 nitrogen and oxygen atoms in total. The molecule has 0 aromatic heterocycles. The SMILES string of the molecule is CC(=O)Nc1cc(C#Cc2ccc3c(c2)C(C)(C)CC[S+]3[O-])ccc1C(=O)O. The Balaban J connectivity index is 1.96. The molecule has 144 valence electrons. The normalized spacial score (nSPS) is 17.1. The van der Waals surface area contributed by atoms with E-state index >= 15 is 0 Å². The van der Waals surface area contributed by atoms with Crippen molar-refractivity contribution >= 4 is 28.7 Å². The fourth-order valence-corrected chi connectivity index (χ4v) is 4.89. The smallest absolute Gasteiger partial charge is 0.337 e. The van der Waals surface area contributed by atoms with Crippen LogP contribution < -0.4 is 5.32 Å². The van der Waals surface area contributed by atoms with Crippen molar-refractivity contribution in [3.8, 4) is 11.8 Å². The molecule has 1 heterocycles. The zero-order valence-corrected chi connectivity index (χ0v) is 16.8. The lowest BCUT2D eigenvalue weighted by Gasteiger charge is -2.32. The van der Waals surface area contributed by atoms with Crippen LogP contribution in [0.1, 0.15) is 54.2 Å². The van der Waals surface area contributed by atoms with Gasteiger partial charge in [-0.3, -0.25) is 4.79 Å². The van der Waals surface area contributed by atoms with Crippen molar-refractivity contribution in [1.29, 1.82) is 0 Å². The molecule has 1 atom stereocenters. The van der Waals surface area contributed by atoms with Crippen molar-refractivity contribution in [2.75, 3.05) is 11.1 Å². The molecule has 0 bridgehead atoms. The predicted octanol–water partition coefficient (Wildman–Crippen LogP) is 3.53. The average Bonchev–Trinajstić information content (AvgIpc) is 2.63. The molecule has 1 aliphatic rings. The number of fused-ring (bicyclic) bond motifs is 1. The van der Waals surface area contributed by atoms with E-state index in [0.29, 0.717) is 11.3 Å². The molecule has 0 spiro atoms. The molecule has 0 saturated heterocycles. The molecule has 0 aliphatic carbocycles. The Hall–Kier alpha value is -2.75. The predicted molar refractivity (Wildman–Crippen MR) is 109 cm³/mol. The van der Waals surface area contributed by atoms with Crippen LogP contribution in [-0.2, 0) is 21.4 Å². The number of hydrogen-bond acceptors (Lipinski definition) is 3. The summed E-state index contributed by atoms with van der Waals surface area (Å²) in [5.41, 5.74) is 2.63. The Morgan fingerprint density at radius 1 is 1.14 bits per heavy atom. The van der Waals surface area contributed by atoms with Crippen LogP contribution >= 0.6 is 0 Å². The number of rotatable bonds is 2. The van der Waals surface area contributed by atoms with Gasteiger partial charge in [0.25, 0.3) is 0 Å². The summed E-state index contributed by atoms with van der Waals surface area (Å²) in [6, 6.07) is 10.3. The zero-order chi connectivity index (χ0) is 20.5. The van der Waals surface area contributed by atoms with Gasteiger partial charge in [0, 0.05) is 30.0 Å². The summed E-state index contributed by atoms with van der Waals surface area (Å²) >= 11 is -0.970. The number of amides is 1. The van der Waals surface area contributed by atoms with Crippen molar-refractivity contribution in [1.82, 2.24) is 0 Å². The molecule has 0 fully saturated rings. The molecule has 3 rings (SSSR count). The molecule has 0 radical (unpaired) electrons. The highest BCUT2D eigenvalue weighted by molar-refractivity contribution is 7.91. The Morgan fingerprint density at radius 2 is 1.79 bits per heavy atom. The molecule has 28 heavy (non-hydrogen) atoms. The number of nitrogens with one attached hydrogen (secondary N) is 1. The van der Waals surface area contributed by atoms with Gasteiger partial charge in [-0.2, -0.15) is 0 Å². The minimum atomic E-state index is -1.12. The highest BCUT2D eigenvalue weighted by Crippen LogP contribution is 2.38. The van der Waals surface area contributed by atoms with Crippen LogP contribution in [0.2, 0.25) is 0 Å². The van der Waals surface area contributed by atoms with E-state index < -0.39 is 17.1 Å². The number of carboxylic acids is 1. The zero-order valence-electron chi connectivity index (χ0n) is 16.0. The summed E-state index contributed by atoms with van der Waals surface area (Å²) in [6.45, 7) is 5.61. The van der Waals surface area contributed by atoms with Gasteiger partial charge in [0.15, 0.2) is 4.90 Å². The molecule has 1 amide bonds. The molecule has 1 aliphatic heterocycles. The molecular weight excluding hydrogens is 374 g/mol. The average molecular weight is 395 g/mol. The summed E-state index contributed by atoms with van der Waals surface area (Å²) in [6.07, 6.45) is 0.861. The molecular formula is C22H21NO4S. The van der Waals surface area contributed by atoms with E-state index in [9.17, 15) is 19.2 Å². The van der Waals surface area contributed by atoms with Crippen LogP contribution in [0.4, 0.5) is 5.69 Å². The van der Waals surface area contributed by atoms with Crippen molar-refractivity contribution in [3.05, 3.63) is 58.7 Å². The maximum Gasteiger partial charge on any atom is 0.337 e. The Labute approximate surface area is 167 Å². The quantitative estimate of drug-likeness (QED) is 0.601. The molecule has 2 aromatic rings. The number of carbonyl (C=O) groups excluding carboxylic acids is 1. The first-order chi connectivity index (χ1) is 13.2. The highest BCUT2D eigenvalue weighted by Gasteiger charge is 2.35. The van der Waals surface area contributed by atoms with Crippen LogP contribution in [0, 0.1) is 11.8 Å². The van der Waals surface area contributed by atoms with Gasteiger partial charge in [-0.25, -0.2) is 4.79 Å². The number of anilines is 1. The third kappa shape index (κ3) is 4.22. The molecule has 2 N–H and O–H groups in total. The van der Waals surface area contributed by atoms with Gasteiger partial charge in [-0.05, 0) is 53.0 Å². The first kappa shape index (κ1) is 20.0. The van der Waals surface area contributed by atoms with E-state index in [1.54, 1.807) is 12.1 Å². The van der Waals surface area contributed by atoms with Crippen LogP contribution in [-0.4, -0.2) is 27.3 Å². The Kier molecular flexibility index (Phi) is 5.50. The fourth-order valence-electron chi connectivity index (χ4n) is 3.17. The van der Waals surface area contributed by atoms with Crippen LogP contribution in [0.25, 0.3) is 0 Å². The van der Waals surface area contributed by atoms with Gasteiger partial charge in [0.1, 0.15) is 5.75 Å². The minimum Gasteiger partial charge on any atom is -0.611 e. The van der Waals surface area contributed by atoms with Gasteiger partial charge in [0.2, 0.25) is 5.91 Å². The second-order valence-electron chi connectivity index (χ2n) is 7.39. The summed E-state index contributed by atoms with van der Waals surface area (Å²) < 4.78 is 12.3. The maximum absolute atomic E-state index is 12.3. The topological polar surface area (TPSA) is 89.5 Å². The molecule has 1 unspecified atom stereocenters. The third-order valence-electron chi connectivity index (χ3n) is 4.78. The van der Waals surface area contributed by atoms with E-state index in [1.165, 1.54) is 13.0 Å². The lowest BCUT2D eigenvalue weighted by atomic mass is 9.81. The van der Waals surface area contributed by atoms with Crippen LogP contribution in [0.15, 0.2) is 41.3 Å². The van der Waals surface area contributed by atoms with Gasteiger partial charge in [-0.1, -0.05) is 25.7 Å². The molecule has 0 saturated carbocycles. The number of carboxylic acid groups (broad SMARTS) is 1. The third-order valence-corrected chi connectivity index (χ3v) is 6.20. The van der Waals surface area contributed by atoms with Crippen LogP contribution in [0.3, 0.4) is 0 Å². The molecule has 2 aromatic carbocycles. The summed E-state index contributed by atoms with van der Waals surface area (Å²) in [7, 11) is 0. The van der Waals surface area contributed by atoms with Crippen molar-refractivity contribution in [2.24, 2.45) is 0 Å². The largest absolute Gasteiger partial charge is 0.611 e.